The zero-order valence-corrected chi connectivity index (χ0v) is 23.8. The summed E-state index contributed by atoms with van der Waals surface area (Å²) in [6, 6.07) is 34.6. The molecule has 2 unspecified atom stereocenters. The van der Waals surface area contributed by atoms with Crippen LogP contribution in [0.15, 0.2) is 109 Å². The van der Waals surface area contributed by atoms with Gasteiger partial charge in [-0.2, -0.15) is 0 Å². The van der Waals surface area contributed by atoms with Crippen LogP contribution < -0.4 is 20.1 Å². The fourth-order valence-corrected chi connectivity index (χ4v) is 5.38. The van der Waals surface area contributed by atoms with Gasteiger partial charge in [-0.05, 0) is 48.2 Å². The lowest BCUT2D eigenvalue weighted by molar-refractivity contribution is 0.0858. The van der Waals surface area contributed by atoms with Crippen molar-refractivity contribution < 1.29 is 19.1 Å². The van der Waals surface area contributed by atoms with Gasteiger partial charge in [-0.3, -0.25) is 9.59 Å². The molecule has 6 nitrogen and oxygen atoms in total. The van der Waals surface area contributed by atoms with Crippen molar-refractivity contribution in [1.82, 2.24) is 10.6 Å². The largest absolute Gasteiger partial charge is 0.492 e. The number of ether oxygens (including phenoxy) is 2. The molecule has 6 heteroatoms. The monoisotopic (exact) mass is 562 g/mol. The first kappa shape index (κ1) is 28.9. The van der Waals surface area contributed by atoms with Gasteiger partial charge in [0.2, 0.25) is 0 Å². The lowest BCUT2D eigenvalue weighted by Crippen LogP contribution is -2.53. The van der Waals surface area contributed by atoms with E-state index in [0.29, 0.717) is 35.8 Å². The molecule has 42 heavy (non-hydrogen) atoms. The summed E-state index contributed by atoms with van der Waals surface area (Å²) >= 11 is 0. The number of benzene rings is 4. The second-order valence-corrected chi connectivity index (χ2v) is 10.6. The molecule has 2 amide bonds. The Hall–Kier alpha value is -4.58. The molecule has 0 radical (unpaired) electrons. The first-order valence-electron chi connectivity index (χ1n) is 14.8. The van der Waals surface area contributed by atoms with Gasteiger partial charge in [-0.15, -0.1) is 0 Å². The maximum Gasteiger partial charge on any atom is 0.255 e. The Balaban J connectivity index is 1.19. The zero-order chi connectivity index (χ0) is 29.0. The Morgan fingerprint density at radius 3 is 1.36 bits per heavy atom. The fourth-order valence-electron chi connectivity index (χ4n) is 5.38. The van der Waals surface area contributed by atoms with Gasteiger partial charge < -0.3 is 20.1 Å². The minimum atomic E-state index is -0.193. The number of para-hydroxylation sites is 2. The van der Waals surface area contributed by atoms with Crippen LogP contribution in [0.2, 0.25) is 0 Å². The highest BCUT2D eigenvalue weighted by Crippen LogP contribution is 2.24. The van der Waals surface area contributed by atoms with Crippen molar-refractivity contribution in [3.63, 3.8) is 0 Å². The van der Waals surface area contributed by atoms with Crippen LogP contribution in [-0.4, -0.2) is 37.1 Å². The number of hydrogen-bond donors (Lipinski definition) is 2. The molecule has 216 valence electrons. The Morgan fingerprint density at radius 1 is 0.548 bits per heavy atom. The molecule has 0 aromatic heterocycles. The van der Waals surface area contributed by atoms with Crippen molar-refractivity contribution in [2.75, 3.05) is 13.2 Å². The van der Waals surface area contributed by atoms with Crippen LogP contribution in [-0.2, 0) is 12.8 Å². The van der Waals surface area contributed by atoms with E-state index < -0.39 is 0 Å². The van der Waals surface area contributed by atoms with E-state index in [4.69, 9.17) is 9.47 Å². The number of rotatable bonds is 12. The summed E-state index contributed by atoms with van der Waals surface area (Å²) in [7, 11) is 0. The standard InChI is InChI=1S/C36H38N2O4/c39-35(29-17-7-11-21-33(29)41-25-23-27-13-3-1-4-14-27)37-31-19-9-10-20-32(31)38-36(40)30-18-8-12-22-34(30)42-26-24-28-15-5-2-6-16-28/h1-8,11-18,21-22,31-32H,9-10,19-20,23-26H2,(H,37,39)(H,38,40). The Kier molecular flexibility index (Phi) is 10.2. The van der Waals surface area contributed by atoms with Crippen LogP contribution >= 0.6 is 0 Å². The van der Waals surface area contributed by atoms with E-state index in [1.54, 1.807) is 12.1 Å². The molecule has 1 aliphatic carbocycles. The van der Waals surface area contributed by atoms with Gasteiger partial charge >= 0.3 is 0 Å². The summed E-state index contributed by atoms with van der Waals surface area (Å²) in [5.41, 5.74) is 3.36. The predicted molar refractivity (Wildman–Crippen MR) is 165 cm³/mol. The molecule has 5 rings (SSSR count). The van der Waals surface area contributed by atoms with Crippen LogP contribution in [0.3, 0.4) is 0 Å². The second-order valence-electron chi connectivity index (χ2n) is 10.6. The van der Waals surface area contributed by atoms with E-state index in [0.717, 1.165) is 38.5 Å². The molecular formula is C36H38N2O4. The third-order valence-electron chi connectivity index (χ3n) is 7.64. The van der Waals surface area contributed by atoms with Crippen molar-refractivity contribution in [2.24, 2.45) is 0 Å². The van der Waals surface area contributed by atoms with Crippen LogP contribution in [0, 0.1) is 0 Å². The predicted octanol–water partition coefficient (Wildman–Crippen LogP) is 6.40. The van der Waals surface area contributed by atoms with E-state index in [1.165, 1.54) is 11.1 Å². The van der Waals surface area contributed by atoms with E-state index >= 15 is 0 Å². The first-order valence-corrected chi connectivity index (χ1v) is 14.8. The molecule has 0 bridgehead atoms. The second kappa shape index (κ2) is 14.9. The highest BCUT2D eigenvalue weighted by molar-refractivity contribution is 5.98. The molecule has 0 aliphatic heterocycles. The Morgan fingerprint density at radius 2 is 0.929 bits per heavy atom. The van der Waals surface area contributed by atoms with Crippen LogP contribution in [0.4, 0.5) is 0 Å². The zero-order valence-electron chi connectivity index (χ0n) is 23.8. The van der Waals surface area contributed by atoms with E-state index in [2.05, 4.69) is 34.9 Å². The van der Waals surface area contributed by atoms with Gasteiger partial charge in [0.05, 0.1) is 24.3 Å². The maximum absolute atomic E-state index is 13.4. The summed E-state index contributed by atoms with van der Waals surface area (Å²) in [5, 5.41) is 6.39. The molecule has 1 aliphatic rings. The lowest BCUT2D eigenvalue weighted by Gasteiger charge is -2.33. The summed E-state index contributed by atoms with van der Waals surface area (Å²) < 4.78 is 12.1. The fraction of sp³-hybridized carbons (Fsp3) is 0.278. The minimum absolute atomic E-state index is 0.182. The number of amides is 2. The van der Waals surface area contributed by atoms with E-state index in [1.807, 2.05) is 72.8 Å². The number of carbonyl (C=O) groups excluding carboxylic acids is 2. The molecule has 2 N–H and O–H groups in total. The average molecular weight is 563 g/mol. The molecule has 4 aromatic carbocycles. The van der Waals surface area contributed by atoms with Crippen molar-refractivity contribution in [3.05, 3.63) is 131 Å². The lowest BCUT2D eigenvalue weighted by atomic mass is 9.89. The van der Waals surface area contributed by atoms with Gasteiger partial charge in [-0.1, -0.05) is 97.8 Å². The molecule has 1 fully saturated rings. The average Bonchev–Trinajstić information content (AvgIpc) is 3.03. The van der Waals surface area contributed by atoms with Crippen LogP contribution in [0.5, 0.6) is 11.5 Å². The molecule has 0 spiro atoms. The maximum atomic E-state index is 13.4. The number of carbonyl (C=O) groups is 2. The SMILES string of the molecule is O=C(NC1CCCCC1NC(=O)c1ccccc1OCCc1ccccc1)c1ccccc1OCCc1ccccc1. The number of hydrogen-bond acceptors (Lipinski definition) is 4. The van der Waals surface area contributed by atoms with Gasteiger partial charge in [0, 0.05) is 24.9 Å². The normalized spacial score (nSPS) is 16.3. The molecule has 0 saturated heterocycles. The van der Waals surface area contributed by atoms with Gasteiger partial charge in [0.15, 0.2) is 0 Å². The topological polar surface area (TPSA) is 76.7 Å². The van der Waals surface area contributed by atoms with Gasteiger partial charge in [0.1, 0.15) is 11.5 Å². The Labute approximate surface area is 248 Å². The summed E-state index contributed by atoms with van der Waals surface area (Å²) in [4.78, 5) is 26.9. The molecule has 4 aromatic rings. The quantitative estimate of drug-likeness (QED) is 0.210. The molecular weight excluding hydrogens is 524 g/mol. The molecule has 2 atom stereocenters. The third kappa shape index (κ3) is 8.00. The van der Waals surface area contributed by atoms with Crippen molar-refractivity contribution in [3.8, 4) is 11.5 Å². The third-order valence-corrected chi connectivity index (χ3v) is 7.64. The van der Waals surface area contributed by atoms with Gasteiger partial charge in [0.25, 0.3) is 11.8 Å². The van der Waals surface area contributed by atoms with E-state index in [-0.39, 0.29) is 23.9 Å². The van der Waals surface area contributed by atoms with E-state index in [9.17, 15) is 9.59 Å². The minimum Gasteiger partial charge on any atom is -0.492 e. The molecule has 0 heterocycles. The summed E-state index contributed by atoms with van der Waals surface area (Å²) in [6.45, 7) is 0.951. The van der Waals surface area contributed by atoms with Gasteiger partial charge in [-0.25, -0.2) is 0 Å². The first-order chi connectivity index (χ1) is 20.7. The highest BCUT2D eigenvalue weighted by Gasteiger charge is 2.29. The van der Waals surface area contributed by atoms with Crippen molar-refractivity contribution in [2.45, 2.75) is 50.6 Å². The van der Waals surface area contributed by atoms with Crippen molar-refractivity contribution in [1.29, 1.82) is 0 Å². The highest BCUT2D eigenvalue weighted by atomic mass is 16.5. The Bertz CT molecular complexity index is 1330. The van der Waals surface area contributed by atoms with Crippen molar-refractivity contribution >= 4 is 11.8 Å². The smallest absolute Gasteiger partial charge is 0.255 e. The summed E-state index contributed by atoms with van der Waals surface area (Å²) in [5.74, 6) is 0.732. The number of nitrogens with one attached hydrogen (secondary N) is 2. The van der Waals surface area contributed by atoms with Crippen LogP contribution in [0.25, 0.3) is 0 Å². The van der Waals surface area contributed by atoms with Crippen LogP contribution in [0.1, 0.15) is 57.5 Å². The molecule has 1 saturated carbocycles. The summed E-state index contributed by atoms with van der Waals surface area (Å²) in [6.07, 6.45) is 5.08.